The summed E-state index contributed by atoms with van der Waals surface area (Å²) < 4.78 is 31.3. The second-order valence-electron chi connectivity index (χ2n) is 4.73. The van der Waals surface area contributed by atoms with Gasteiger partial charge in [0, 0.05) is 30.5 Å². The van der Waals surface area contributed by atoms with Crippen molar-refractivity contribution in [1.82, 2.24) is 4.31 Å². The van der Waals surface area contributed by atoms with E-state index in [0.29, 0.717) is 29.8 Å². The molecule has 0 unspecified atom stereocenters. The van der Waals surface area contributed by atoms with Crippen molar-refractivity contribution in [3.05, 3.63) is 16.3 Å². The summed E-state index contributed by atoms with van der Waals surface area (Å²) in [7, 11) is -1.83. The van der Waals surface area contributed by atoms with E-state index in [2.05, 4.69) is 0 Å². The fraction of sp³-hybridized carbons (Fsp3) is 0.667. The van der Waals surface area contributed by atoms with Crippen molar-refractivity contribution >= 4 is 33.0 Å². The minimum absolute atomic E-state index is 0.317. The van der Waals surface area contributed by atoms with E-state index >= 15 is 0 Å². The zero-order chi connectivity index (χ0) is 13.9. The molecule has 0 aliphatic heterocycles. The zero-order valence-electron chi connectivity index (χ0n) is 10.8. The summed E-state index contributed by atoms with van der Waals surface area (Å²) in [6.45, 7) is 1.57. The summed E-state index contributed by atoms with van der Waals surface area (Å²) in [6, 6.07) is 1.63. The molecule has 0 bridgehead atoms. The number of nitrogens with zero attached hydrogens (tertiary/aromatic N) is 1. The molecule has 1 saturated carbocycles. The number of hydrogen-bond acceptors (Lipinski definition) is 4. The van der Waals surface area contributed by atoms with Crippen molar-refractivity contribution in [2.75, 3.05) is 26.8 Å². The lowest BCUT2D eigenvalue weighted by molar-refractivity contribution is 0.117. The van der Waals surface area contributed by atoms with Gasteiger partial charge in [-0.2, -0.15) is 4.31 Å². The first-order valence-electron chi connectivity index (χ1n) is 6.21. The van der Waals surface area contributed by atoms with Gasteiger partial charge in [0.1, 0.15) is 0 Å². The van der Waals surface area contributed by atoms with E-state index in [9.17, 15) is 8.42 Å². The van der Waals surface area contributed by atoms with Crippen LogP contribution in [0.5, 0.6) is 0 Å². The molecule has 108 valence electrons. The normalized spacial score (nSPS) is 16.2. The molecule has 1 aromatic rings. The lowest BCUT2D eigenvalue weighted by atomic mass is 10.5. The molecular weight excluding hydrogens is 306 g/mol. The largest absolute Gasteiger partial charge is 0.380 e. The lowest BCUT2D eigenvalue weighted by Crippen LogP contribution is -2.30. The molecule has 1 fully saturated rings. The summed E-state index contributed by atoms with van der Waals surface area (Å²) in [5, 5.41) is 1.63. The van der Waals surface area contributed by atoms with Crippen molar-refractivity contribution in [3.63, 3.8) is 0 Å². The molecule has 0 radical (unpaired) electrons. The summed E-state index contributed by atoms with van der Waals surface area (Å²) >= 11 is 7.06. The molecule has 1 aliphatic rings. The maximum Gasteiger partial charge on any atom is 0.243 e. The third-order valence-electron chi connectivity index (χ3n) is 3.07. The van der Waals surface area contributed by atoms with Crippen LogP contribution in [-0.4, -0.2) is 39.5 Å². The van der Waals surface area contributed by atoms with Crippen molar-refractivity contribution in [2.45, 2.75) is 23.6 Å². The van der Waals surface area contributed by atoms with Crippen LogP contribution < -0.4 is 0 Å². The highest BCUT2D eigenvalue weighted by atomic mass is 35.5. The third kappa shape index (κ3) is 4.16. The number of halogens is 1. The quantitative estimate of drug-likeness (QED) is 0.545. The molecule has 0 spiro atoms. The van der Waals surface area contributed by atoms with Gasteiger partial charge in [-0.05, 0) is 24.8 Å². The highest BCUT2D eigenvalue weighted by Gasteiger charge is 2.23. The van der Waals surface area contributed by atoms with Crippen molar-refractivity contribution in [1.29, 1.82) is 0 Å². The summed E-state index contributed by atoms with van der Waals surface area (Å²) in [5.74, 6) is 1.04. The lowest BCUT2D eigenvalue weighted by Gasteiger charge is -2.16. The van der Waals surface area contributed by atoms with Crippen molar-refractivity contribution in [2.24, 2.45) is 5.92 Å². The van der Waals surface area contributed by atoms with Crippen LogP contribution in [0.4, 0.5) is 0 Å². The van der Waals surface area contributed by atoms with Crippen LogP contribution in [0.25, 0.3) is 0 Å². The van der Waals surface area contributed by atoms with E-state index in [-0.39, 0.29) is 0 Å². The Labute approximate surface area is 123 Å². The monoisotopic (exact) mass is 323 g/mol. The van der Waals surface area contributed by atoms with Crippen LogP contribution in [0.1, 0.15) is 17.7 Å². The van der Waals surface area contributed by atoms with E-state index in [4.69, 9.17) is 16.3 Å². The first kappa shape index (κ1) is 15.3. The van der Waals surface area contributed by atoms with Gasteiger partial charge in [0.2, 0.25) is 10.0 Å². The minimum Gasteiger partial charge on any atom is -0.380 e. The Hall–Kier alpha value is -0.140. The molecule has 0 amide bonds. The molecule has 1 aliphatic carbocycles. The predicted octanol–water partition coefficient (Wildman–Crippen LogP) is 2.53. The van der Waals surface area contributed by atoms with E-state index in [0.717, 1.165) is 11.5 Å². The van der Waals surface area contributed by atoms with E-state index < -0.39 is 10.0 Å². The zero-order valence-corrected chi connectivity index (χ0v) is 13.2. The van der Waals surface area contributed by atoms with E-state index in [1.807, 2.05) is 0 Å². The Kier molecular flexibility index (Phi) is 5.25. The SMILES string of the molecule is CN(CCOCC1CC1)S(=O)(=O)c1csc(CCl)c1. The molecule has 2 rings (SSSR count). The summed E-state index contributed by atoms with van der Waals surface area (Å²) in [5.41, 5.74) is 0. The van der Waals surface area contributed by atoms with Gasteiger partial charge in [-0.3, -0.25) is 0 Å². The fourth-order valence-electron chi connectivity index (χ4n) is 1.59. The Bertz CT molecular complexity index is 511. The standard InChI is InChI=1S/C12H18ClNO3S2/c1-14(4-5-17-8-10-2-3-10)19(15,16)12-6-11(7-13)18-9-12/h6,9-10H,2-5,7-8H2,1H3. The molecule has 1 heterocycles. The first-order valence-corrected chi connectivity index (χ1v) is 9.07. The van der Waals surface area contributed by atoms with Crippen molar-refractivity contribution in [3.8, 4) is 0 Å². The molecule has 19 heavy (non-hydrogen) atoms. The second-order valence-corrected chi connectivity index (χ2v) is 8.04. The molecule has 1 aromatic heterocycles. The number of likely N-dealkylation sites (N-methyl/N-ethyl adjacent to an activating group) is 1. The van der Waals surface area contributed by atoms with Gasteiger partial charge in [-0.15, -0.1) is 22.9 Å². The van der Waals surface area contributed by atoms with Crippen LogP contribution in [0.15, 0.2) is 16.3 Å². The molecule has 4 nitrogen and oxygen atoms in total. The predicted molar refractivity (Wildman–Crippen MR) is 77.2 cm³/mol. The maximum atomic E-state index is 12.2. The van der Waals surface area contributed by atoms with Gasteiger partial charge in [-0.25, -0.2) is 8.42 Å². The van der Waals surface area contributed by atoms with Gasteiger partial charge >= 0.3 is 0 Å². The molecule has 0 saturated heterocycles. The van der Waals surface area contributed by atoms with Gasteiger partial charge in [0.15, 0.2) is 0 Å². The third-order valence-corrected chi connectivity index (χ3v) is 6.44. The molecule has 0 atom stereocenters. The highest BCUT2D eigenvalue weighted by Crippen LogP contribution is 2.28. The van der Waals surface area contributed by atoms with Crippen LogP contribution in [0.3, 0.4) is 0 Å². The number of hydrogen-bond donors (Lipinski definition) is 0. The first-order chi connectivity index (χ1) is 9.04. The summed E-state index contributed by atoms with van der Waals surface area (Å²) in [6.07, 6.45) is 2.48. The molecular formula is C12H18ClNO3S2. The number of rotatable bonds is 8. The number of alkyl halides is 1. The average Bonchev–Trinajstić information content (AvgIpc) is 3.07. The Balaban J connectivity index is 1.86. The Morgan fingerprint density at radius 2 is 2.26 bits per heavy atom. The maximum absolute atomic E-state index is 12.2. The van der Waals surface area contributed by atoms with Gasteiger partial charge in [-0.1, -0.05) is 0 Å². The van der Waals surface area contributed by atoms with Gasteiger partial charge < -0.3 is 4.74 Å². The number of ether oxygens (including phenoxy) is 1. The minimum atomic E-state index is -3.41. The molecule has 0 aromatic carbocycles. The Morgan fingerprint density at radius 1 is 1.53 bits per heavy atom. The van der Waals surface area contributed by atoms with E-state index in [1.54, 1.807) is 18.5 Å². The highest BCUT2D eigenvalue weighted by molar-refractivity contribution is 7.89. The van der Waals surface area contributed by atoms with Crippen LogP contribution in [0.2, 0.25) is 0 Å². The van der Waals surface area contributed by atoms with Gasteiger partial charge in [0.25, 0.3) is 0 Å². The topological polar surface area (TPSA) is 46.6 Å². The molecule has 0 N–H and O–H groups in total. The van der Waals surface area contributed by atoms with Crippen molar-refractivity contribution < 1.29 is 13.2 Å². The number of thiophene rings is 1. The van der Waals surface area contributed by atoms with Crippen LogP contribution in [-0.2, 0) is 20.6 Å². The Morgan fingerprint density at radius 3 is 2.84 bits per heavy atom. The average molecular weight is 324 g/mol. The van der Waals surface area contributed by atoms with Gasteiger partial charge in [0.05, 0.1) is 17.4 Å². The number of sulfonamides is 1. The molecule has 7 heteroatoms. The second kappa shape index (κ2) is 6.54. The summed E-state index contributed by atoms with van der Waals surface area (Å²) in [4.78, 5) is 1.18. The van der Waals surface area contributed by atoms with E-state index in [1.165, 1.54) is 28.5 Å². The van der Waals surface area contributed by atoms with Crippen LogP contribution >= 0.6 is 22.9 Å². The fourth-order valence-corrected chi connectivity index (χ4v) is 4.12. The smallest absolute Gasteiger partial charge is 0.243 e. The van der Waals surface area contributed by atoms with Crippen LogP contribution in [0, 0.1) is 5.92 Å².